The summed E-state index contributed by atoms with van der Waals surface area (Å²) in [5.74, 6) is 1.27. The number of allylic oxidation sites excluding steroid dienone is 5. The number of nitrogens with zero attached hydrogens (tertiary/aromatic N) is 6. The van der Waals surface area contributed by atoms with Crippen LogP contribution in [0.5, 0.6) is 11.6 Å². The third-order valence-electron chi connectivity index (χ3n) is 12.8. The number of aryl methyl sites for hydroxylation is 1. The maximum atomic E-state index is 13.1. The Morgan fingerprint density at radius 1 is 0.959 bits per heavy atom. The van der Waals surface area contributed by atoms with Crippen molar-refractivity contribution in [2.75, 3.05) is 66.0 Å². The molecule has 5 heterocycles. The van der Waals surface area contributed by atoms with Gasteiger partial charge in [-0.15, -0.1) is 11.3 Å². The smallest absolute Gasteiger partial charge is 0.293 e. The van der Waals surface area contributed by atoms with E-state index in [9.17, 15) is 19.5 Å². The quantitative estimate of drug-likeness (QED) is 0.0486. The maximum Gasteiger partial charge on any atom is 0.293 e. The van der Waals surface area contributed by atoms with Crippen LogP contribution in [0.2, 0.25) is 0 Å². The minimum Gasteiger partial charge on any atom is -0.507 e. The van der Waals surface area contributed by atoms with E-state index in [1.54, 1.807) is 53.8 Å². The molecule has 0 aliphatic carbocycles. The van der Waals surface area contributed by atoms with Gasteiger partial charge in [0.05, 0.1) is 27.8 Å². The Morgan fingerprint density at radius 2 is 1.63 bits per heavy atom. The average Bonchev–Trinajstić information content (AvgIpc) is 4.15. The molecule has 2 amide bonds. The Balaban J connectivity index is 0.000000232. The number of aromatic hydroxyl groups is 1. The van der Waals surface area contributed by atoms with Crippen molar-refractivity contribution in [1.82, 2.24) is 35.1 Å². The molecule has 2 aromatic heterocycles. The highest BCUT2D eigenvalue weighted by Crippen LogP contribution is 2.32. The third-order valence-corrected chi connectivity index (χ3v) is 13.8. The van der Waals surface area contributed by atoms with Crippen LogP contribution < -0.4 is 27.3 Å². The predicted molar refractivity (Wildman–Crippen MR) is 291 cm³/mol. The highest BCUT2D eigenvalue weighted by Gasteiger charge is 2.36. The summed E-state index contributed by atoms with van der Waals surface area (Å²) in [4.78, 5) is 47.9. The Hall–Kier alpha value is -6.89. The lowest BCUT2D eigenvalue weighted by Gasteiger charge is -2.35. The van der Waals surface area contributed by atoms with Crippen molar-refractivity contribution in [2.24, 2.45) is 23.1 Å². The molecule has 2 aromatic carbocycles. The molecule has 4 aromatic rings. The fourth-order valence-electron chi connectivity index (χ4n) is 8.49. The molecule has 3 aliphatic rings. The first-order valence-electron chi connectivity index (χ1n) is 24.9. The molecule has 17 nitrogen and oxygen atoms in total. The first kappa shape index (κ1) is 58.7. The number of piperidine rings is 1. The minimum absolute atomic E-state index is 0.0339. The lowest BCUT2D eigenvalue weighted by atomic mass is 9.91. The number of rotatable bonds is 18. The van der Waals surface area contributed by atoms with Gasteiger partial charge in [0.1, 0.15) is 30.2 Å². The fourth-order valence-corrected chi connectivity index (χ4v) is 9.30. The molecule has 0 bridgehead atoms. The first-order chi connectivity index (χ1) is 35.1. The van der Waals surface area contributed by atoms with Crippen LogP contribution in [-0.2, 0) is 19.1 Å². The van der Waals surface area contributed by atoms with Crippen LogP contribution in [0.25, 0.3) is 16.1 Å². The summed E-state index contributed by atoms with van der Waals surface area (Å²) in [6.45, 7) is 25.0. The molecule has 8 N–H and O–H groups in total. The van der Waals surface area contributed by atoms with E-state index >= 15 is 0 Å². The van der Waals surface area contributed by atoms with Crippen LogP contribution >= 0.6 is 11.3 Å². The molecule has 0 saturated carbocycles. The normalized spacial score (nSPS) is 17.1. The zero-order valence-corrected chi connectivity index (χ0v) is 44.3. The second-order valence-corrected chi connectivity index (χ2v) is 19.3. The number of amides is 2. The van der Waals surface area contributed by atoms with Gasteiger partial charge >= 0.3 is 0 Å². The summed E-state index contributed by atoms with van der Waals surface area (Å²) in [7, 11) is 2.08. The molecular weight excluding hydrogens is 945 g/mol. The Labute approximate surface area is 436 Å². The van der Waals surface area contributed by atoms with Crippen LogP contribution in [0.4, 0.5) is 0 Å². The Morgan fingerprint density at radius 3 is 2.18 bits per heavy atom. The van der Waals surface area contributed by atoms with Crippen molar-refractivity contribution in [1.29, 1.82) is 0 Å². The minimum atomic E-state index is -0.336. The van der Waals surface area contributed by atoms with Gasteiger partial charge in [-0.1, -0.05) is 87.7 Å². The predicted octanol–water partition coefficient (Wildman–Crippen LogP) is 7.31. The van der Waals surface area contributed by atoms with Gasteiger partial charge in [0, 0.05) is 75.7 Å². The van der Waals surface area contributed by atoms with E-state index in [0.29, 0.717) is 41.7 Å². The number of phenolic OH excluding ortho intramolecular Hbond substituents is 1. The van der Waals surface area contributed by atoms with E-state index in [2.05, 4.69) is 69.4 Å². The summed E-state index contributed by atoms with van der Waals surface area (Å²) in [6, 6.07) is 17.2. The number of thiazole rings is 1. The van der Waals surface area contributed by atoms with E-state index < -0.39 is 0 Å². The highest BCUT2D eigenvalue weighted by molar-refractivity contribution is 7.13. The lowest BCUT2D eigenvalue weighted by molar-refractivity contribution is -0.136. The summed E-state index contributed by atoms with van der Waals surface area (Å²) >= 11 is 1.64. The SMILES string of the molecule is C=C/C=C\C=C.CC(C)C(C(=O)N1CCCC1C)c1cc(OCCN2CCC(OC=O)CC2)no1.CN1CCN(C(/C=C(\N)c2ccccc2O)=C(N)N)CC1.Cc1ncsc1-c1ccc(C(C)NC=O)cc1. The monoisotopic (exact) mass is 1020 g/mol. The molecule has 396 valence electrons. The third kappa shape index (κ3) is 18.6. The van der Waals surface area contributed by atoms with Crippen molar-refractivity contribution >= 4 is 35.8 Å². The van der Waals surface area contributed by atoms with Gasteiger partial charge in [0.15, 0.2) is 5.76 Å². The van der Waals surface area contributed by atoms with Crippen LogP contribution in [0.15, 0.2) is 120 Å². The number of likely N-dealkylation sites (tertiary alicyclic amines) is 2. The molecule has 3 atom stereocenters. The van der Waals surface area contributed by atoms with Crippen LogP contribution in [-0.4, -0.2) is 132 Å². The molecule has 0 radical (unpaired) electrons. The van der Waals surface area contributed by atoms with Gasteiger partial charge < -0.3 is 56.3 Å². The summed E-state index contributed by atoms with van der Waals surface area (Å²) in [6.07, 6.45) is 13.4. The summed E-state index contributed by atoms with van der Waals surface area (Å²) in [5.41, 5.74) is 24.6. The number of hydrogen-bond donors (Lipinski definition) is 5. The molecule has 18 heteroatoms. The molecule has 3 fully saturated rings. The number of carbonyl (C=O) groups excluding carboxylic acids is 3. The Kier molecular flexibility index (Phi) is 24.8. The number of benzene rings is 2. The zero-order valence-electron chi connectivity index (χ0n) is 43.5. The lowest BCUT2D eigenvalue weighted by Crippen LogP contribution is -2.44. The van der Waals surface area contributed by atoms with Gasteiger partial charge in [-0.3, -0.25) is 19.3 Å². The molecule has 0 spiro atoms. The van der Waals surface area contributed by atoms with Crippen LogP contribution in [0, 0.1) is 12.8 Å². The first-order valence-corrected chi connectivity index (χ1v) is 25.8. The van der Waals surface area contributed by atoms with Gasteiger partial charge in [-0.2, -0.15) is 0 Å². The van der Waals surface area contributed by atoms with Crippen molar-refractivity contribution in [3.8, 4) is 22.1 Å². The highest BCUT2D eigenvalue weighted by atomic mass is 32.1. The van der Waals surface area contributed by atoms with E-state index in [4.69, 9.17) is 31.2 Å². The van der Waals surface area contributed by atoms with Gasteiger partial charge in [-0.25, -0.2) is 4.98 Å². The standard InChI is InChI=1S/C21H33N3O5.C15H23N5O.C13H14N2OS.C6H8/c1-15(2)20(21(26)24-8-4-5-16(24)3)18-13-19(22-29-18)27-12-11-23-9-6-17(7-10-23)28-14-25;1-19-6-8-20(9-7-19)13(15(17)18)10-12(16)11-4-2-3-5-14(11)21;1-9(14-7-16)11-3-5-12(6-4-11)13-10(2)15-8-17-13;1-3-5-6-4-2/h13-17,20H,4-12H2,1-3H3;2-5,10,21H,6-9,16-18H2,1H3;3-9H,1-2H3,(H,14,16);3-6H,1-2H2/b;12-10-;;6-5-. The second-order valence-electron chi connectivity index (χ2n) is 18.4. The molecule has 3 aliphatic heterocycles. The summed E-state index contributed by atoms with van der Waals surface area (Å²) < 4.78 is 16.3. The number of aromatic nitrogens is 2. The second kappa shape index (κ2) is 30.9. The number of nitrogens with two attached hydrogens (primary N) is 3. The number of hydrogen-bond acceptors (Lipinski definition) is 16. The Bertz CT molecular complexity index is 2400. The summed E-state index contributed by atoms with van der Waals surface area (Å²) in [5, 5.41) is 16.6. The molecule has 3 saturated heterocycles. The zero-order chi connectivity index (χ0) is 53.3. The van der Waals surface area contributed by atoms with E-state index in [0.717, 1.165) is 95.7 Å². The number of piperazine rings is 1. The number of likely N-dealkylation sites (N-methyl/N-ethyl adjacent to an activating group) is 1. The van der Waals surface area contributed by atoms with Crippen LogP contribution in [0.1, 0.15) is 87.9 Å². The van der Waals surface area contributed by atoms with Crippen molar-refractivity contribution < 1.29 is 33.5 Å². The van der Waals surface area contributed by atoms with Crippen LogP contribution in [0.3, 0.4) is 0 Å². The maximum absolute atomic E-state index is 13.1. The number of nitrogens with one attached hydrogen (secondary N) is 1. The number of carbonyl (C=O) groups is 3. The largest absolute Gasteiger partial charge is 0.507 e. The topological polar surface area (TPSA) is 232 Å². The van der Waals surface area contributed by atoms with Gasteiger partial charge in [0.25, 0.3) is 12.4 Å². The molecule has 7 rings (SSSR count). The van der Waals surface area contributed by atoms with Crippen molar-refractivity contribution in [2.45, 2.75) is 84.4 Å². The van der Waals surface area contributed by atoms with E-state index in [-0.39, 0.29) is 47.5 Å². The van der Waals surface area contributed by atoms with Crippen molar-refractivity contribution in [3.05, 3.63) is 138 Å². The molecule has 73 heavy (non-hydrogen) atoms. The molecule has 3 unspecified atom stereocenters. The molecular formula is C55H78N10O7S. The van der Waals surface area contributed by atoms with Gasteiger partial charge in [0.2, 0.25) is 12.3 Å². The fraction of sp³-hybridized carbons (Fsp3) is 0.436. The number of phenols is 1. The van der Waals surface area contributed by atoms with Crippen molar-refractivity contribution in [3.63, 3.8) is 0 Å². The number of ether oxygens (including phenoxy) is 2. The van der Waals surface area contributed by atoms with E-state index in [1.165, 1.54) is 10.4 Å². The number of para-hydroxylation sites is 1. The van der Waals surface area contributed by atoms with Gasteiger partial charge in [-0.05, 0) is 93.9 Å². The van der Waals surface area contributed by atoms with E-state index in [1.807, 2.05) is 68.5 Å². The average molecular weight is 1020 g/mol.